The Balaban J connectivity index is 1.66. The van der Waals surface area contributed by atoms with Gasteiger partial charge in [0, 0.05) is 38.3 Å². The molecule has 0 aromatic heterocycles. The van der Waals surface area contributed by atoms with Gasteiger partial charge in [-0.05, 0) is 32.6 Å². The van der Waals surface area contributed by atoms with Crippen LogP contribution in [0, 0.1) is 17.8 Å². The second-order valence-electron chi connectivity index (χ2n) is 7.72. The highest BCUT2D eigenvalue weighted by molar-refractivity contribution is 5.82. The number of hydrogen-bond acceptors (Lipinski definition) is 5. The van der Waals surface area contributed by atoms with E-state index in [1.165, 1.54) is 0 Å². The molecule has 1 saturated carbocycles. The van der Waals surface area contributed by atoms with Crippen molar-refractivity contribution in [1.82, 2.24) is 4.90 Å². The third kappa shape index (κ3) is 3.62. The van der Waals surface area contributed by atoms with E-state index in [0.717, 1.165) is 45.1 Å². The van der Waals surface area contributed by atoms with Crippen molar-refractivity contribution in [3.05, 3.63) is 0 Å². The molecule has 2 aliphatic heterocycles. The van der Waals surface area contributed by atoms with Crippen LogP contribution in [0.3, 0.4) is 0 Å². The number of ether oxygens (including phenoxy) is 1. The summed E-state index contributed by atoms with van der Waals surface area (Å²) in [5.74, 6) is 2.62. The zero-order valence-corrected chi connectivity index (χ0v) is 15.7. The Morgan fingerprint density at radius 2 is 2.00 bits per heavy atom. The van der Waals surface area contributed by atoms with Gasteiger partial charge >= 0.3 is 5.97 Å². The SMILES string of the molecule is C#CCCC1(CCC(=O)N2CCC[C@@]3(C(=O)OCC)CCCC[C@H]23)N=N1. The maximum Gasteiger partial charge on any atom is 0.314 e. The second-order valence-corrected chi connectivity index (χ2v) is 7.72. The van der Waals surface area contributed by atoms with Crippen LogP contribution in [-0.4, -0.2) is 41.6 Å². The molecule has 0 unspecified atom stereocenters. The molecule has 1 amide bonds. The predicted octanol–water partition coefficient (Wildman–Crippen LogP) is 3.46. The first-order valence-corrected chi connectivity index (χ1v) is 9.91. The minimum Gasteiger partial charge on any atom is -0.466 e. The van der Waals surface area contributed by atoms with Crippen molar-refractivity contribution in [2.75, 3.05) is 13.2 Å². The van der Waals surface area contributed by atoms with Crippen LogP contribution in [0.25, 0.3) is 0 Å². The number of esters is 1. The van der Waals surface area contributed by atoms with Gasteiger partial charge < -0.3 is 9.64 Å². The molecule has 0 spiro atoms. The summed E-state index contributed by atoms with van der Waals surface area (Å²) in [4.78, 5) is 27.7. The van der Waals surface area contributed by atoms with Gasteiger partial charge in [-0.1, -0.05) is 12.8 Å². The highest BCUT2D eigenvalue weighted by atomic mass is 16.5. The van der Waals surface area contributed by atoms with E-state index in [1.54, 1.807) is 0 Å². The second kappa shape index (κ2) is 7.77. The topological polar surface area (TPSA) is 71.3 Å². The van der Waals surface area contributed by atoms with E-state index in [1.807, 2.05) is 11.8 Å². The molecule has 6 nitrogen and oxygen atoms in total. The Kier molecular flexibility index (Phi) is 5.64. The molecule has 0 bridgehead atoms. The summed E-state index contributed by atoms with van der Waals surface area (Å²) >= 11 is 0. The maximum atomic E-state index is 13.0. The van der Waals surface area contributed by atoms with Gasteiger partial charge in [-0.25, -0.2) is 0 Å². The first-order chi connectivity index (χ1) is 12.6. The first kappa shape index (κ1) is 18.9. The van der Waals surface area contributed by atoms with Crippen molar-refractivity contribution in [2.24, 2.45) is 15.6 Å². The molecule has 2 fully saturated rings. The number of piperidine rings is 1. The van der Waals surface area contributed by atoms with Crippen molar-refractivity contribution in [2.45, 2.75) is 82.8 Å². The molecule has 2 heterocycles. The Morgan fingerprint density at radius 3 is 2.69 bits per heavy atom. The smallest absolute Gasteiger partial charge is 0.314 e. The molecule has 142 valence electrons. The lowest BCUT2D eigenvalue weighted by Crippen LogP contribution is -2.59. The molecule has 3 rings (SSSR count). The number of rotatable bonds is 7. The maximum absolute atomic E-state index is 13.0. The van der Waals surface area contributed by atoms with Crippen LogP contribution < -0.4 is 0 Å². The summed E-state index contributed by atoms with van der Waals surface area (Å²) in [6.07, 6.45) is 13.2. The molecule has 0 radical (unpaired) electrons. The lowest BCUT2D eigenvalue weighted by molar-refractivity contribution is -0.170. The zero-order valence-electron chi connectivity index (χ0n) is 15.7. The van der Waals surface area contributed by atoms with E-state index < -0.39 is 11.1 Å². The minimum absolute atomic E-state index is 0.0220. The van der Waals surface area contributed by atoms with Gasteiger partial charge in [0.25, 0.3) is 0 Å². The molecule has 0 aromatic rings. The molecule has 3 aliphatic rings. The quantitative estimate of drug-likeness (QED) is 0.516. The van der Waals surface area contributed by atoms with Crippen molar-refractivity contribution in [3.8, 4) is 12.3 Å². The lowest BCUT2D eigenvalue weighted by atomic mass is 9.65. The summed E-state index contributed by atoms with van der Waals surface area (Å²) in [5, 5.41) is 8.24. The largest absolute Gasteiger partial charge is 0.466 e. The van der Waals surface area contributed by atoms with Crippen LogP contribution in [0.5, 0.6) is 0 Å². The van der Waals surface area contributed by atoms with Gasteiger partial charge in [-0.3, -0.25) is 9.59 Å². The fourth-order valence-electron chi connectivity index (χ4n) is 4.72. The first-order valence-electron chi connectivity index (χ1n) is 9.91. The summed E-state index contributed by atoms with van der Waals surface area (Å²) in [6.45, 7) is 2.97. The zero-order chi connectivity index (χ0) is 18.6. The van der Waals surface area contributed by atoms with Gasteiger partial charge in [0.15, 0.2) is 5.66 Å². The van der Waals surface area contributed by atoms with E-state index in [0.29, 0.717) is 32.3 Å². The molecular weight excluding hydrogens is 330 g/mol. The molecule has 1 aliphatic carbocycles. The number of carbonyl (C=O) groups excluding carboxylic acids is 2. The lowest BCUT2D eigenvalue weighted by Gasteiger charge is -2.51. The Labute approximate surface area is 155 Å². The van der Waals surface area contributed by atoms with Crippen LogP contribution in [0.1, 0.15) is 71.1 Å². The molecule has 0 aromatic carbocycles. The van der Waals surface area contributed by atoms with Gasteiger partial charge in [-0.15, -0.1) is 12.3 Å². The fraction of sp³-hybridized carbons (Fsp3) is 0.800. The van der Waals surface area contributed by atoms with Crippen LogP contribution in [0.4, 0.5) is 0 Å². The van der Waals surface area contributed by atoms with Crippen molar-refractivity contribution >= 4 is 11.9 Å². The molecule has 26 heavy (non-hydrogen) atoms. The average Bonchev–Trinajstić information content (AvgIpc) is 3.44. The van der Waals surface area contributed by atoms with E-state index in [4.69, 9.17) is 11.2 Å². The molecule has 2 atom stereocenters. The third-order valence-electron chi connectivity index (χ3n) is 6.18. The number of amides is 1. The number of hydrogen-bond donors (Lipinski definition) is 0. The molecular formula is C20H29N3O3. The van der Waals surface area contributed by atoms with Crippen LogP contribution in [0.2, 0.25) is 0 Å². The Morgan fingerprint density at radius 1 is 1.23 bits per heavy atom. The number of fused-ring (bicyclic) bond motifs is 1. The monoisotopic (exact) mass is 359 g/mol. The highest BCUT2D eigenvalue weighted by Crippen LogP contribution is 2.47. The van der Waals surface area contributed by atoms with Crippen LogP contribution in [-0.2, 0) is 14.3 Å². The van der Waals surface area contributed by atoms with E-state index in [-0.39, 0.29) is 17.9 Å². The summed E-state index contributed by atoms with van der Waals surface area (Å²) < 4.78 is 5.41. The predicted molar refractivity (Wildman–Crippen MR) is 97.2 cm³/mol. The van der Waals surface area contributed by atoms with E-state index >= 15 is 0 Å². The number of carbonyl (C=O) groups is 2. The summed E-state index contributed by atoms with van der Waals surface area (Å²) in [7, 11) is 0. The molecule has 1 saturated heterocycles. The summed E-state index contributed by atoms with van der Waals surface area (Å²) in [6, 6.07) is -0.0220. The number of nitrogens with zero attached hydrogens (tertiary/aromatic N) is 3. The highest BCUT2D eigenvalue weighted by Gasteiger charge is 2.53. The van der Waals surface area contributed by atoms with E-state index in [2.05, 4.69) is 16.1 Å². The van der Waals surface area contributed by atoms with Gasteiger partial charge in [0.1, 0.15) is 0 Å². The molecule has 0 N–H and O–H groups in total. The Hall–Kier alpha value is -1.90. The van der Waals surface area contributed by atoms with Crippen LogP contribution in [0.15, 0.2) is 10.2 Å². The Bertz CT molecular complexity index is 614. The number of likely N-dealkylation sites (tertiary alicyclic amines) is 1. The van der Waals surface area contributed by atoms with Gasteiger partial charge in [0.05, 0.1) is 12.0 Å². The van der Waals surface area contributed by atoms with Gasteiger partial charge in [0.2, 0.25) is 5.91 Å². The van der Waals surface area contributed by atoms with Crippen molar-refractivity contribution in [3.63, 3.8) is 0 Å². The molecule has 6 heteroatoms. The van der Waals surface area contributed by atoms with Crippen molar-refractivity contribution in [1.29, 1.82) is 0 Å². The van der Waals surface area contributed by atoms with Crippen molar-refractivity contribution < 1.29 is 14.3 Å². The minimum atomic E-state index is -0.502. The number of terminal acetylenes is 1. The average molecular weight is 359 g/mol. The van der Waals surface area contributed by atoms with Crippen LogP contribution >= 0.6 is 0 Å². The standard InChI is InChI=1S/C20H29N3O3/c1-3-5-13-20(21-22-20)14-10-17(24)23-15-8-12-19(18(25)26-4-2)11-7-6-9-16(19)23/h1,16H,4-15H2,2H3/t16-,19-/m0/s1. The third-order valence-corrected chi connectivity index (χ3v) is 6.18. The summed E-state index contributed by atoms with van der Waals surface area (Å²) in [5.41, 5.74) is -0.930. The fourth-order valence-corrected chi connectivity index (χ4v) is 4.72. The van der Waals surface area contributed by atoms with E-state index in [9.17, 15) is 9.59 Å². The van der Waals surface area contributed by atoms with Gasteiger partial charge in [-0.2, -0.15) is 10.2 Å². The normalized spacial score (nSPS) is 28.8.